The Labute approximate surface area is 58.5 Å². The van der Waals surface area contributed by atoms with Crippen LogP contribution in [0.4, 0.5) is 0 Å². The number of halogens is 1. The second-order valence-electron chi connectivity index (χ2n) is 2.09. The van der Waals surface area contributed by atoms with Gasteiger partial charge < -0.3 is 9.61 Å². The summed E-state index contributed by atoms with van der Waals surface area (Å²) >= 11 is 4.85. The number of carbonyl (C=O) groups is 1. The van der Waals surface area contributed by atoms with E-state index < -0.39 is 0 Å². The van der Waals surface area contributed by atoms with Gasteiger partial charge in [-0.25, -0.2) is 0 Å². The van der Waals surface area contributed by atoms with Crippen molar-refractivity contribution in [1.82, 2.24) is 5.32 Å². The van der Waals surface area contributed by atoms with Crippen molar-refractivity contribution in [2.75, 3.05) is 13.1 Å². The van der Waals surface area contributed by atoms with E-state index in [1.165, 1.54) is 0 Å². The molecule has 1 fully saturated rings. The molecule has 3 nitrogen and oxygen atoms in total. The minimum absolute atomic E-state index is 0.0255. The Morgan fingerprint density at radius 3 is 3.00 bits per heavy atom. The summed E-state index contributed by atoms with van der Waals surface area (Å²) in [5.41, 5.74) is 0. The zero-order valence-corrected chi connectivity index (χ0v) is 5.65. The van der Waals surface area contributed by atoms with Crippen molar-refractivity contribution >= 4 is 17.8 Å². The van der Waals surface area contributed by atoms with Crippen molar-refractivity contribution in [2.45, 2.75) is 6.42 Å². The Hall–Kier alpha value is -0.280. The van der Waals surface area contributed by atoms with E-state index in [1.54, 1.807) is 0 Å². The van der Waals surface area contributed by atoms with Crippen LogP contribution in [0.15, 0.2) is 0 Å². The van der Waals surface area contributed by atoms with Gasteiger partial charge in [-0.3, -0.25) is 4.79 Å². The molecule has 0 aromatic carbocycles. The van der Waals surface area contributed by atoms with Gasteiger partial charge in [0.15, 0.2) is 0 Å². The second kappa shape index (κ2) is 3.03. The highest BCUT2D eigenvalue weighted by Gasteiger charge is 2.23. The highest BCUT2D eigenvalue weighted by atomic mass is 35.5. The standard InChI is InChI=1S/C5H8ClNO2/c6-9-5(8)4-1-2-7-3-4/h4,7H,1-3H2. The van der Waals surface area contributed by atoms with Crippen LogP contribution in [0.5, 0.6) is 0 Å². The van der Waals surface area contributed by atoms with Crippen LogP contribution in [0, 0.1) is 5.92 Å². The SMILES string of the molecule is O=C(OCl)C1CCNC1. The number of rotatable bonds is 1. The molecule has 0 aliphatic carbocycles. The first kappa shape index (κ1) is 6.83. The fraction of sp³-hybridized carbons (Fsp3) is 0.800. The van der Waals surface area contributed by atoms with Crippen LogP contribution in [0.25, 0.3) is 0 Å². The van der Waals surface area contributed by atoms with E-state index in [0.29, 0.717) is 6.54 Å². The van der Waals surface area contributed by atoms with Crippen molar-refractivity contribution in [2.24, 2.45) is 5.92 Å². The molecule has 1 rings (SSSR count). The van der Waals surface area contributed by atoms with Gasteiger partial charge in [0.25, 0.3) is 0 Å². The summed E-state index contributed by atoms with van der Waals surface area (Å²) in [4.78, 5) is 10.6. The van der Waals surface area contributed by atoms with Crippen molar-refractivity contribution in [1.29, 1.82) is 0 Å². The molecule has 4 heteroatoms. The number of hydrogen-bond donors (Lipinski definition) is 1. The van der Waals surface area contributed by atoms with Gasteiger partial charge in [-0.05, 0) is 13.0 Å². The Balaban J connectivity index is 2.32. The molecule has 1 heterocycles. The van der Waals surface area contributed by atoms with Crippen LogP contribution in [-0.4, -0.2) is 19.1 Å². The lowest BCUT2D eigenvalue weighted by Gasteiger charge is -2.00. The summed E-state index contributed by atoms with van der Waals surface area (Å²) < 4.78 is 4.03. The average molecular weight is 150 g/mol. The molecule has 1 saturated heterocycles. The Bertz CT molecular complexity index is 112. The second-order valence-corrected chi connectivity index (χ2v) is 2.24. The fourth-order valence-electron chi connectivity index (χ4n) is 0.919. The van der Waals surface area contributed by atoms with Crippen LogP contribution >= 0.6 is 11.9 Å². The minimum Gasteiger partial charge on any atom is -0.347 e. The molecule has 1 aliphatic rings. The normalized spacial score (nSPS) is 26.1. The van der Waals surface area contributed by atoms with E-state index in [1.807, 2.05) is 0 Å². The molecular formula is C5H8ClNO2. The van der Waals surface area contributed by atoms with Crippen LogP contribution in [0.3, 0.4) is 0 Å². The number of nitrogens with one attached hydrogen (secondary N) is 1. The number of hydrogen-bond acceptors (Lipinski definition) is 3. The quantitative estimate of drug-likeness (QED) is 0.583. The topological polar surface area (TPSA) is 38.3 Å². The highest BCUT2D eigenvalue weighted by molar-refractivity contribution is 6.13. The van der Waals surface area contributed by atoms with Crippen molar-refractivity contribution < 1.29 is 9.08 Å². The van der Waals surface area contributed by atoms with Gasteiger partial charge in [0.05, 0.1) is 5.92 Å². The highest BCUT2D eigenvalue weighted by Crippen LogP contribution is 2.09. The minimum atomic E-state index is -0.318. The van der Waals surface area contributed by atoms with E-state index in [-0.39, 0.29) is 11.9 Å². The third-order valence-corrected chi connectivity index (χ3v) is 1.62. The molecule has 0 amide bonds. The third-order valence-electron chi connectivity index (χ3n) is 1.47. The zero-order valence-electron chi connectivity index (χ0n) is 4.89. The molecule has 0 bridgehead atoms. The summed E-state index contributed by atoms with van der Waals surface area (Å²) in [7, 11) is 0. The first-order valence-electron chi connectivity index (χ1n) is 2.87. The lowest BCUT2D eigenvalue weighted by Crippen LogP contribution is -2.17. The lowest BCUT2D eigenvalue weighted by atomic mass is 10.1. The molecule has 1 atom stereocenters. The van der Waals surface area contributed by atoms with Gasteiger partial charge in [-0.15, -0.1) is 0 Å². The van der Waals surface area contributed by atoms with Crippen LogP contribution in [-0.2, 0) is 9.08 Å². The van der Waals surface area contributed by atoms with Gasteiger partial charge in [0.1, 0.15) is 11.9 Å². The molecule has 0 aromatic heterocycles. The van der Waals surface area contributed by atoms with E-state index in [0.717, 1.165) is 13.0 Å². The number of carbonyl (C=O) groups excluding carboxylic acids is 1. The van der Waals surface area contributed by atoms with Crippen molar-refractivity contribution in [3.63, 3.8) is 0 Å². The Morgan fingerprint density at radius 1 is 1.78 bits per heavy atom. The summed E-state index contributed by atoms with van der Waals surface area (Å²) in [6.45, 7) is 1.59. The summed E-state index contributed by atoms with van der Waals surface area (Å²) in [6, 6.07) is 0. The molecule has 52 valence electrons. The lowest BCUT2D eigenvalue weighted by molar-refractivity contribution is -0.137. The van der Waals surface area contributed by atoms with E-state index in [4.69, 9.17) is 11.9 Å². The van der Waals surface area contributed by atoms with Gasteiger partial charge in [-0.1, -0.05) is 0 Å². The van der Waals surface area contributed by atoms with Crippen molar-refractivity contribution in [3.05, 3.63) is 0 Å². The smallest absolute Gasteiger partial charge is 0.329 e. The first-order chi connectivity index (χ1) is 4.34. The van der Waals surface area contributed by atoms with Gasteiger partial charge >= 0.3 is 5.97 Å². The fourth-order valence-corrected chi connectivity index (χ4v) is 1.04. The molecule has 0 spiro atoms. The Kier molecular flexibility index (Phi) is 2.30. The van der Waals surface area contributed by atoms with Crippen LogP contribution < -0.4 is 5.32 Å². The molecule has 0 aromatic rings. The monoisotopic (exact) mass is 149 g/mol. The molecule has 0 saturated carbocycles. The third kappa shape index (κ3) is 1.56. The predicted octanol–water partition coefficient (Wildman–Crippen LogP) is 0.293. The molecule has 9 heavy (non-hydrogen) atoms. The largest absolute Gasteiger partial charge is 0.347 e. The van der Waals surface area contributed by atoms with Gasteiger partial charge in [0, 0.05) is 6.54 Å². The van der Waals surface area contributed by atoms with Crippen LogP contribution in [0.1, 0.15) is 6.42 Å². The maximum absolute atomic E-state index is 10.6. The average Bonchev–Trinajstić information content (AvgIpc) is 2.37. The maximum Gasteiger partial charge on any atom is 0.329 e. The first-order valence-corrected chi connectivity index (χ1v) is 3.18. The molecule has 1 N–H and O–H groups in total. The van der Waals surface area contributed by atoms with E-state index in [2.05, 4.69) is 9.61 Å². The van der Waals surface area contributed by atoms with E-state index >= 15 is 0 Å². The maximum atomic E-state index is 10.6. The molecule has 0 radical (unpaired) electrons. The van der Waals surface area contributed by atoms with Gasteiger partial charge in [0.2, 0.25) is 0 Å². The Morgan fingerprint density at radius 2 is 2.56 bits per heavy atom. The molecule has 1 unspecified atom stereocenters. The summed E-state index contributed by atoms with van der Waals surface area (Å²) in [5.74, 6) is -0.343. The molecular weight excluding hydrogens is 142 g/mol. The summed E-state index contributed by atoms with van der Waals surface area (Å²) in [5, 5.41) is 3.03. The van der Waals surface area contributed by atoms with Crippen LogP contribution in [0.2, 0.25) is 0 Å². The zero-order chi connectivity index (χ0) is 6.69. The van der Waals surface area contributed by atoms with Crippen molar-refractivity contribution in [3.8, 4) is 0 Å². The molecule has 1 aliphatic heterocycles. The van der Waals surface area contributed by atoms with E-state index in [9.17, 15) is 4.79 Å². The van der Waals surface area contributed by atoms with Gasteiger partial charge in [-0.2, -0.15) is 0 Å². The predicted molar refractivity (Wildman–Crippen MR) is 32.9 cm³/mol. The summed E-state index contributed by atoms with van der Waals surface area (Å²) in [6.07, 6.45) is 0.839.